The Labute approximate surface area is 168 Å². The number of fused-ring (bicyclic) bond motifs is 1. The molecule has 2 aliphatic heterocycles. The Morgan fingerprint density at radius 1 is 1.14 bits per heavy atom. The summed E-state index contributed by atoms with van der Waals surface area (Å²) in [6.45, 7) is 0. The maximum Gasteiger partial charge on any atom is 0.252 e. The summed E-state index contributed by atoms with van der Waals surface area (Å²) >= 11 is 1.38. The van der Waals surface area contributed by atoms with Crippen molar-refractivity contribution in [3.63, 3.8) is 0 Å². The molecule has 0 aromatic heterocycles. The topological polar surface area (TPSA) is 76.0 Å². The Kier molecular flexibility index (Phi) is 5.16. The van der Waals surface area contributed by atoms with Crippen molar-refractivity contribution in [1.29, 1.82) is 0 Å². The van der Waals surface area contributed by atoms with Crippen LogP contribution < -0.4 is 9.64 Å². The first-order valence-corrected chi connectivity index (χ1v) is 11.6. The molecule has 0 radical (unpaired) electrons. The number of amidine groups is 1. The minimum absolute atomic E-state index is 0.0826. The maximum absolute atomic E-state index is 12.7. The predicted molar refractivity (Wildman–Crippen MR) is 112 cm³/mol. The summed E-state index contributed by atoms with van der Waals surface area (Å²) in [4.78, 5) is 18.9. The number of sulfone groups is 1. The molecule has 2 unspecified atom stereocenters. The van der Waals surface area contributed by atoms with Gasteiger partial charge in [0.2, 0.25) is 0 Å². The fourth-order valence-corrected chi connectivity index (χ4v) is 7.54. The lowest BCUT2D eigenvalue weighted by molar-refractivity contribution is -0.117. The first-order valence-electron chi connectivity index (χ1n) is 8.91. The second-order valence-electron chi connectivity index (χ2n) is 6.78. The SMILES string of the molecule is COc1ccccc1CC(=O)N=C1SC2CS(=O)(=O)CC2N1c1ccccc1. The predicted octanol–water partition coefficient (Wildman–Crippen LogP) is 2.54. The Bertz CT molecular complexity index is 1020. The molecule has 0 bridgehead atoms. The normalized spacial score (nSPS) is 24.3. The molecule has 2 heterocycles. The summed E-state index contributed by atoms with van der Waals surface area (Å²) in [6.07, 6.45) is 0.129. The molecule has 2 aromatic rings. The third-order valence-corrected chi connectivity index (χ3v) is 8.07. The van der Waals surface area contributed by atoms with Gasteiger partial charge in [0.1, 0.15) is 5.75 Å². The molecule has 2 fully saturated rings. The van der Waals surface area contributed by atoms with Gasteiger partial charge in [0, 0.05) is 16.5 Å². The summed E-state index contributed by atoms with van der Waals surface area (Å²) in [5, 5.41) is 0.457. The van der Waals surface area contributed by atoms with Crippen LogP contribution in [0.4, 0.5) is 5.69 Å². The van der Waals surface area contributed by atoms with Gasteiger partial charge in [0.15, 0.2) is 15.0 Å². The van der Waals surface area contributed by atoms with E-state index in [1.807, 2.05) is 59.5 Å². The molecule has 4 rings (SSSR count). The zero-order valence-corrected chi connectivity index (χ0v) is 16.9. The summed E-state index contributed by atoms with van der Waals surface area (Å²) < 4.78 is 29.5. The highest BCUT2D eigenvalue weighted by Crippen LogP contribution is 2.40. The van der Waals surface area contributed by atoms with E-state index in [1.165, 1.54) is 11.8 Å². The van der Waals surface area contributed by atoms with Crippen molar-refractivity contribution in [2.75, 3.05) is 23.5 Å². The second-order valence-corrected chi connectivity index (χ2v) is 10.1. The van der Waals surface area contributed by atoms with E-state index in [0.29, 0.717) is 10.9 Å². The molecule has 2 aromatic carbocycles. The van der Waals surface area contributed by atoms with Gasteiger partial charge in [-0.2, -0.15) is 4.99 Å². The van der Waals surface area contributed by atoms with Gasteiger partial charge in [-0.3, -0.25) is 4.79 Å². The van der Waals surface area contributed by atoms with Crippen LogP contribution in [-0.4, -0.2) is 49.4 Å². The smallest absolute Gasteiger partial charge is 0.252 e. The highest BCUT2D eigenvalue weighted by molar-refractivity contribution is 8.16. The molecule has 28 heavy (non-hydrogen) atoms. The minimum Gasteiger partial charge on any atom is -0.496 e. The molecule has 1 amide bonds. The number of aliphatic imine (C=N–C) groups is 1. The Balaban J connectivity index is 1.63. The minimum atomic E-state index is -3.07. The average Bonchev–Trinajstić information content (AvgIpc) is 3.13. The van der Waals surface area contributed by atoms with Gasteiger partial charge in [-0.15, -0.1) is 0 Å². The van der Waals surface area contributed by atoms with Crippen molar-refractivity contribution in [3.8, 4) is 5.75 Å². The van der Waals surface area contributed by atoms with Crippen molar-refractivity contribution in [2.24, 2.45) is 4.99 Å². The van der Waals surface area contributed by atoms with Gasteiger partial charge in [-0.05, 0) is 18.2 Å². The zero-order valence-electron chi connectivity index (χ0n) is 15.3. The molecule has 0 spiro atoms. The number of ether oxygens (including phenoxy) is 1. The van der Waals surface area contributed by atoms with Crippen molar-refractivity contribution in [3.05, 3.63) is 60.2 Å². The number of amides is 1. The fourth-order valence-electron chi connectivity index (χ4n) is 3.61. The fraction of sp³-hybridized carbons (Fsp3) is 0.300. The molecule has 0 aliphatic carbocycles. The van der Waals surface area contributed by atoms with E-state index in [2.05, 4.69) is 4.99 Å². The lowest BCUT2D eigenvalue weighted by Gasteiger charge is -2.24. The van der Waals surface area contributed by atoms with Crippen molar-refractivity contribution < 1.29 is 17.9 Å². The highest BCUT2D eigenvalue weighted by atomic mass is 32.2. The van der Waals surface area contributed by atoms with E-state index in [-0.39, 0.29) is 35.1 Å². The van der Waals surface area contributed by atoms with Crippen LogP contribution in [0, 0.1) is 0 Å². The van der Waals surface area contributed by atoms with E-state index in [1.54, 1.807) is 7.11 Å². The first-order chi connectivity index (χ1) is 13.5. The van der Waals surface area contributed by atoms with Crippen molar-refractivity contribution >= 4 is 38.4 Å². The molecular formula is C20H20N2O4S2. The van der Waals surface area contributed by atoms with Gasteiger partial charge in [-0.1, -0.05) is 48.2 Å². The van der Waals surface area contributed by atoms with Crippen LogP contribution in [0.15, 0.2) is 59.6 Å². The third kappa shape index (κ3) is 3.79. The van der Waals surface area contributed by atoms with Crippen LogP contribution in [0.1, 0.15) is 5.56 Å². The van der Waals surface area contributed by atoms with Crippen LogP contribution in [0.2, 0.25) is 0 Å². The molecular weight excluding hydrogens is 396 g/mol. The van der Waals surface area contributed by atoms with E-state index >= 15 is 0 Å². The molecule has 2 aliphatic rings. The third-order valence-electron chi connectivity index (χ3n) is 4.86. The number of nitrogens with zero attached hydrogens (tertiary/aromatic N) is 2. The maximum atomic E-state index is 12.7. The summed E-state index contributed by atoms with van der Waals surface area (Å²) in [7, 11) is -1.50. The number of methoxy groups -OCH3 is 1. The number of carbonyl (C=O) groups is 1. The van der Waals surface area contributed by atoms with E-state index in [9.17, 15) is 13.2 Å². The summed E-state index contributed by atoms with van der Waals surface area (Å²) in [5.74, 6) is 0.568. The Morgan fingerprint density at radius 3 is 2.61 bits per heavy atom. The van der Waals surface area contributed by atoms with E-state index in [0.717, 1.165) is 11.3 Å². The van der Waals surface area contributed by atoms with Gasteiger partial charge in [-0.25, -0.2) is 8.42 Å². The van der Waals surface area contributed by atoms with E-state index in [4.69, 9.17) is 4.74 Å². The van der Waals surface area contributed by atoms with Crippen LogP contribution >= 0.6 is 11.8 Å². The molecule has 2 saturated heterocycles. The quantitative estimate of drug-likeness (QED) is 0.762. The number of para-hydroxylation sites is 2. The molecule has 146 valence electrons. The van der Waals surface area contributed by atoms with Crippen LogP contribution in [0.3, 0.4) is 0 Å². The number of rotatable bonds is 4. The van der Waals surface area contributed by atoms with Crippen LogP contribution in [0.5, 0.6) is 5.75 Å². The summed E-state index contributed by atoms with van der Waals surface area (Å²) in [6, 6.07) is 16.7. The first kappa shape index (κ1) is 19.0. The van der Waals surface area contributed by atoms with Crippen molar-refractivity contribution in [1.82, 2.24) is 0 Å². The second kappa shape index (κ2) is 7.60. The van der Waals surface area contributed by atoms with Crippen LogP contribution in [0.25, 0.3) is 0 Å². The standard InChI is InChI=1S/C20H20N2O4S2/c1-26-17-10-6-5-7-14(17)11-19(23)21-20-22(15-8-3-2-4-9-15)16-12-28(24,25)13-18(16)27-20/h2-10,16,18H,11-13H2,1H3. The molecule has 0 saturated carbocycles. The number of benzene rings is 2. The number of thioether (sulfide) groups is 1. The van der Waals surface area contributed by atoms with Crippen LogP contribution in [-0.2, 0) is 21.1 Å². The van der Waals surface area contributed by atoms with Gasteiger partial charge >= 0.3 is 0 Å². The zero-order chi connectivity index (χ0) is 19.7. The highest BCUT2D eigenvalue weighted by Gasteiger charge is 2.49. The Morgan fingerprint density at radius 2 is 1.86 bits per heavy atom. The molecule has 2 atom stereocenters. The summed E-state index contributed by atoms with van der Waals surface area (Å²) in [5.41, 5.74) is 1.62. The number of hydrogen-bond donors (Lipinski definition) is 0. The number of carbonyl (C=O) groups excluding carboxylic acids is 1. The monoisotopic (exact) mass is 416 g/mol. The lowest BCUT2D eigenvalue weighted by atomic mass is 10.1. The molecule has 0 N–H and O–H groups in total. The molecule has 6 nitrogen and oxygen atoms in total. The number of anilines is 1. The van der Waals surface area contributed by atoms with Gasteiger partial charge in [0.05, 0.1) is 31.1 Å². The van der Waals surface area contributed by atoms with Gasteiger partial charge < -0.3 is 9.64 Å². The van der Waals surface area contributed by atoms with Crippen molar-refractivity contribution in [2.45, 2.75) is 17.7 Å². The average molecular weight is 417 g/mol. The van der Waals surface area contributed by atoms with E-state index < -0.39 is 9.84 Å². The lowest BCUT2D eigenvalue weighted by Crippen LogP contribution is -2.37. The Hall–Kier alpha value is -2.32. The number of hydrogen-bond acceptors (Lipinski definition) is 5. The largest absolute Gasteiger partial charge is 0.496 e. The molecule has 8 heteroatoms. The van der Waals surface area contributed by atoms with Gasteiger partial charge in [0.25, 0.3) is 5.91 Å².